The standard InChI is InChI=1S/C13H33NO2SSi2/c1-12(2,15-17)19(7,8)16-13(3,4)18(5,6)11-9-10-14/h17H,9-11,14H2,1-8H3. The van der Waals surface area contributed by atoms with E-state index in [0.29, 0.717) is 0 Å². The lowest BCUT2D eigenvalue weighted by Gasteiger charge is -2.48. The molecule has 2 N–H and O–H groups in total. The number of rotatable bonds is 8. The molecule has 6 heteroatoms. The van der Waals surface area contributed by atoms with Crippen LogP contribution < -0.4 is 5.73 Å². The van der Waals surface area contributed by atoms with Crippen molar-refractivity contribution < 1.29 is 8.61 Å². The molecule has 0 rings (SSSR count). The fraction of sp³-hybridized carbons (Fsp3) is 1.00. The quantitative estimate of drug-likeness (QED) is 0.406. The van der Waals surface area contributed by atoms with Crippen LogP contribution in [0.25, 0.3) is 0 Å². The zero-order valence-corrected chi connectivity index (χ0v) is 16.9. The van der Waals surface area contributed by atoms with E-state index in [9.17, 15) is 0 Å². The van der Waals surface area contributed by atoms with E-state index < -0.39 is 16.4 Å². The second kappa shape index (κ2) is 6.62. The maximum absolute atomic E-state index is 6.63. The highest BCUT2D eigenvalue weighted by atomic mass is 32.1. The Balaban J connectivity index is 5.03. The van der Waals surface area contributed by atoms with Crippen LogP contribution in [0.2, 0.25) is 32.2 Å². The van der Waals surface area contributed by atoms with E-state index in [2.05, 4.69) is 66.8 Å². The molecule has 0 spiro atoms. The Kier molecular flexibility index (Phi) is 6.85. The predicted octanol–water partition coefficient (Wildman–Crippen LogP) is 3.76. The molecule has 116 valence electrons. The van der Waals surface area contributed by atoms with Crippen LogP contribution in [0.3, 0.4) is 0 Å². The Labute approximate surface area is 127 Å². The lowest BCUT2D eigenvalue weighted by atomic mass is 10.5. The lowest BCUT2D eigenvalue weighted by Crippen LogP contribution is -2.63. The van der Waals surface area contributed by atoms with Crippen molar-refractivity contribution in [2.45, 2.75) is 76.8 Å². The molecular formula is C13H33NO2SSi2. The molecule has 0 fully saturated rings. The van der Waals surface area contributed by atoms with Gasteiger partial charge >= 0.3 is 0 Å². The Morgan fingerprint density at radius 1 is 1.00 bits per heavy atom. The van der Waals surface area contributed by atoms with Gasteiger partial charge in [-0.2, -0.15) is 0 Å². The Hall–Kier alpha value is 0.664. The molecule has 0 saturated carbocycles. The molecule has 0 heterocycles. The highest BCUT2D eigenvalue weighted by Gasteiger charge is 2.50. The van der Waals surface area contributed by atoms with Crippen molar-refractivity contribution in [3.05, 3.63) is 0 Å². The van der Waals surface area contributed by atoms with Crippen molar-refractivity contribution in [3.63, 3.8) is 0 Å². The van der Waals surface area contributed by atoms with Gasteiger partial charge in [0.2, 0.25) is 8.32 Å². The third-order valence-corrected chi connectivity index (χ3v) is 14.6. The number of hydrogen-bond acceptors (Lipinski definition) is 4. The second-order valence-electron chi connectivity index (χ2n) is 7.50. The largest absolute Gasteiger partial charge is 0.412 e. The summed E-state index contributed by atoms with van der Waals surface area (Å²) in [4.78, 5) is 0. The molecule has 3 nitrogen and oxygen atoms in total. The van der Waals surface area contributed by atoms with Crippen LogP contribution in [0.1, 0.15) is 34.1 Å². The minimum Gasteiger partial charge on any atom is -0.412 e. The van der Waals surface area contributed by atoms with Gasteiger partial charge in [-0.25, -0.2) is 0 Å². The first kappa shape index (κ1) is 19.7. The van der Waals surface area contributed by atoms with E-state index >= 15 is 0 Å². The van der Waals surface area contributed by atoms with Crippen LogP contribution in [-0.4, -0.2) is 33.4 Å². The third-order valence-electron chi connectivity index (χ3n) is 4.82. The van der Waals surface area contributed by atoms with Crippen LogP contribution in [-0.2, 0) is 8.61 Å². The van der Waals surface area contributed by atoms with Crippen LogP contribution >= 0.6 is 12.9 Å². The van der Waals surface area contributed by atoms with E-state index in [-0.39, 0.29) is 10.4 Å². The maximum Gasteiger partial charge on any atom is 0.219 e. The smallest absolute Gasteiger partial charge is 0.219 e. The molecular weight excluding hydrogens is 290 g/mol. The molecule has 0 aromatic carbocycles. The molecule has 19 heavy (non-hydrogen) atoms. The van der Waals surface area contributed by atoms with Gasteiger partial charge < -0.3 is 14.3 Å². The monoisotopic (exact) mass is 323 g/mol. The highest BCUT2D eigenvalue weighted by Crippen LogP contribution is 2.36. The van der Waals surface area contributed by atoms with Crippen molar-refractivity contribution >= 4 is 29.3 Å². The highest BCUT2D eigenvalue weighted by molar-refractivity contribution is 7.75. The Bertz CT molecular complexity index is 294. The topological polar surface area (TPSA) is 44.5 Å². The van der Waals surface area contributed by atoms with Crippen LogP contribution in [0.15, 0.2) is 0 Å². The Morgan fingerprint density at radius 2 is 1.47 bits per heavy atom. The first-order valence-electron chi connectivity index (χ1n) is 7.06. The molecule has 0 radical (unpaired) electrons. The lowest BCUT2D eigenvalue weighted by molar-refractivity contribution is 0.119. The Morgan fingerprint density at radius 3 is 1.84 bits per heavy atom. The first-order valence-corrected chi connectivity index (χ1v) is 13.5. The molecule has 0 aliphatic heterocycles. The third kappa shape index (κ3) is 4.86. The van der Waals surface area contributed by atoms with Crippen molar-refractivity contribution in [2.75, 3.05) is 6.54 Å². The van der Waals surface area contributed by atoms with Gasteiger partial charge in [0.1, 0.15) is 0 Å². The van der Waals surface area contributed by atoms with Gasteiger partial charge in [-0.15, -0.1) is 0 Å². The zero-order valence-electron chi connectivity index (χ0n) is 14.0. The number of hydrogen-bond donors (Lipinski definition) is 2. The van der Waals surface area contributed by atoms with Crippen LogP contribution in [0.5, 0.6) is 0 Å². The van der Waals surface area contributed by atoms with E-state index in [4.69, 9.17) is 14.3 Å². The van der Waals surface area contributed by atoms with Crippen LogP contribution in [0.4, 0.5) is 0 Å². The van der Waals surface area contributed by atoms with E-state index in [1.54, 1.807) is 0 Å². The van der Waals surface area contributed by atoms with E-state index in [1.807, 2.05) is 0 Å². The van der Waals surface area contributed by atoms with Gasteiger partial charge in [0, 0.05) is 5.22 Å². The summed E-state index contributed by atoms with van der Waals surface area (Å²) in [5, 5.41) is -0.396. The number of nitrogens with two attached hydrogens (primary N) is 1. The normalized spacial score (nSPS) is 14.8. The SMILES string of the molecule is CC(C)(O[Si](C)(C)C(C)(C)OS)[Si](C)(C)CCCN. The van der Waals surface area contributed by atoms with Crippen molar-refractivity contribution in [1.29, 1.82) is 0 Å². The van der Waals surface area contributed by atoms with Crippen molar-refractivity contribution in [1.82, 2.24) is 0 Å². The fourth-order valence-electron chi connectivity index (χ4n) is 1.85. The van der Waals surface area contributed by atoms with E-state index in [1.165, 1.54) is 6.04 Å². The molecule has 0 bridgehead atoms. The molecule has 0 aliphatic carbocycles. The molecule has 0 atom stereocenters. The minimum atomic E-state index is -2.01. The summed E-state index contributed by atoms with van der Waals surface area (Å²) in [6, 6.07) is 1.20. The fourth-order valence-corrected chi connectivity index (χ4v) is 7.82. The van der Waals surface area contributed by atoms with Gasteiger partial charge in [-0.05, 0) is 66.7 Å². The summed E-state index contributed by atoms with van der Waals surface area (Å²) in [5.41, 5.74) is 5.66. The molecule has 0 aromatic heterocycles. The molecule has 0 saturated heterocycles. The average molecular weight is 324 g/mol. The summed E-state index contributed by atoms with van der Waals surface area (Å²) in [7, 11) is -3.51. The van der Waals surface area contributed by atoms with Gasteiger partial charge in [0.15, 0.2) is 0 Å². The second-order valence-corrected chi connectivity index (χ2v) is 17.6. The summed E-state index contributed by atoms with van der Waals surface area (Å²) >= 11 is 4.02. The van der Waals surface area contributed by atoms with Gasteiger partial charge in [0.05, 0.1) is 13.3 Å². The van der Waals surface area contributed by atoms with Crippen molar-refractivity contribution in [3.8, 4) is 0 Å². The van der Waals surface area contributed by atoms with Gasteiger partial charge in [-0.3, -0.25) is 0 Å². The minimum absolute atomic E-state index is 0.0819. The van der Waals surface area contributed by atoms with Gasteiger partial charge in [-0.1, -0.05) is 19.1 Å². The summed E-state index contributed by atoms with van der Waals surface area (Å²) in [6.45, 7) is 18.6. The van der Waals surface area contributed by atoms with E-state index in [0.717, 1.165) is 13.0 Å². The van der Waals surface area contributed by atoms with Gasteiger partial charge in [0.25, 0.3) is 0 Å². The average Bonchev–Trinajstić information content (AvgIpc) is 2.24. The summed E-state index contributed by atoms with van der Waals surface area (Å²) in [6.07, 6.45) is 1.08. The number of thiol groups is 1. The molecule has 0 aromatic rings. The summed E-state index contributed by atoms with van der Waals surface area (Å²) < 4.78 is 12.0. The first-order chi connectivity index (χ1) is 8.33. The molecule has 0 unspecified atom stereocenters. The summed E-state index contributed by atoms with van der Waals surface area (Å²) in [5.74, 6) is 0. The zero-order chi connectivity index (χ0) is 15.5. The molecule has 0 aliphatic rings. The van der Waals surface area contributed by atoms with Crippen molar-refractivity contribution in [2.24, 2.45) is 5.73 Å². The predicted molar refractivity (Wildman–Crippen MR) is 92.8 cm³/mol. The van der Waals surface area contributed by atoms with Crippen LogP contribution in [0, 0.1) is 0 Å². The maximum atomic E-state index is 6.63. The molecule has 0 amide bonds.